The van der Waals surface area contributed by atoms with Gasteiger partial charge in [0.25, 0.3) is 0 Å². The molecule has 0 aliphatic heterocycles. The van der Waals surface area contributed by atoms with Gasteiger partial charge in [0.05, 0.1) is 6.04 Å². The van der Waals surface area contributed by atoms with E-state index in [9.17, 15) is 4.79 Å². The van der Waals surface area contributed by atoms with E-state index in [1.165, 1.54) is 31.2 Å². The van der Waals surface area contributed by atoms with Crippen molar-refractivity contribution in [1.29, 1.82) is 0 Å². The van der Waals surface area contributed by atoms with Crippen LogP contribution in [0.2, 0.25) is 0 Å². The highest BCUT2D eigenvalue weighted by Crippen LogP contribution is 2.28. The maximum Gasteiger partial charge on any atom is 0.241 e. The number of aromatic nitrogens is 1. The van der Waals surface area contributed by atoms with Crippen LogP contribution in [0.1, 0.15) is 49.8 Å². The molecule has 1 heterocycles. The quantitative estimate of drug-likeness (QED) is 0.791. The van der Waals surface area contributed by atoms with Gasteiger partial charge in [-0.15, -0.1) is 0 Å². The van der Waals surface area contributed by atoms with E-state index in [1.54, 1.807) is 0 Å². The summed E-state index contributed by atoms with van der Waals surface area (Å²) in [4.78, 5) is 16.9. The molecule has 0 radical (unpaired) electrons. The zero-order valence-electron chi connectivity index (χ0n) is 15.8. The molecule has 0 bridgehead atoms. The smallest absolute Gasteiger partial charge is 0.241 e. The Balaban J connectivity index is 1.68. The number of aryl methyl sites for hydroxylation is 2. The van der Waals surface area contributed by atoms with Crippen molar-refractivity contribution in [3.05, 3.63) is 47.8 Å². The Labute approximate surface area is 156 Å². The number of hydrogen-bond acceptors (Lipinski definition) is 3. The molecule has 1 aliphatic rings. The van der Waals surface area contributed by atoms with Crippen molar-refractivity contribution in [2.24, 2.45) is 11.7 Å². The molecule has 1 unspecified atom stereocenters. The fourth-order valence-electron chi connectivity index (χ4n) is 3.96. The van der Waals surface area contributed by atoms with E-state index in [-0.39, 0.29) is 5.91 Å². The van der Waals surface area contributed by atoms with Crippen LogP contribution in [0, 0.1) is 19.8 Å². The first-order valence-corrected chi connectivity index (χ1v) is 9.65. The Kier molecular flexibility index (Phi) is 6.04. The van der Waals surface area contributed by atoms with Gasteiger partial charge in [0.1, 0.15) is 0 Å². The summed E-state index contributed by atoms with van der Waals surface area (Å²) in [6.45, 7) is 4.11. The van der Waals surface area contributed by atoms with Gasteiger partial charge in [0.15, 0.2) is 0 Å². The molecule has 1 aromatic carbocycles. The summed E-state index contributed by atoms with van der Waals surface area (Å²) in [5.74, 6) is 0.232. The minimum Gasteiger partial charge on any atom is -0.325 e. The second-order valence-corrected chi connectivity index (χ2v) is 7.43. The largest absolute Gasteiger partial charge is 0.325 e. The van der Waals surface area contributed by atoms with Crippen LogP contribution in [0.4, 0.5) is 5.69 Å². The molecule has 2 aromatic rings. The van der Waals surface area contributed by atoms with Crippen LogP contribution >= 0.6 is 0 Å². The summed E-state index contributed by atoms with van der Waals surface area (Å²) in [7, 11) is 0. The van der Waals surface area contributed by atoms with E-state index in [2.05, 4.69) is 17.2 Å². The monoisotopic (exact) mass is 351 g/mol. The lowest BCUT2D eigenvalue weighted by molar-refractivity contribution is -0.118. The van der Waals surface area contributed by atoms with Gasteiger partial charge in [-0.2, -0.15) is 0 Å². The fourth-order valence-corrected chi connectivity index (χ4v) is 3.96. The number of nitrogens with zero attached hydrogens (tertiary/aromatic N) is 1. The number of anilines is 1. The first kappa shape index (κ1) is 18.6. The lowest BCUT2D eigenvalue weighted by Crippen LogP contribution is -2.41. The zero-order chi connectivity index (χ0) is 18.5. The first-order chi connectivity index (χ1) is 12.6. The lowest BCUT2D eigenvalue weighted by Gasteiger charge is -2.21. The van der Waals surface area contributed by atoms with Crippen molar-refractivity contribution >= 4 is 11.6 Å². The lowest BCUT2D eigenvalue weighted by atomic mass is 9.92. The molecular formula is C22H29N3O. The minimum absolute atomic E-state index is 0.0709. The molecule has 4 heteroatoms. The predicted molar refractivity (Wildman–Crippen MR) is 107 cm³/mol. The Morgan fingerprint density at radius 2 is 1.73 bits per heavy atom. The van der Waals surface area contributed by atoms with Crippen molar-refractivity contribution in [3.8, 4) is 11.1 Å². The molecule has 4 nitrogen and oxygen atoms in total. The Morgan fingerprint density at radius 1 is 1.08 bits per heavy atom. The van der Waals surface area contributed by atoms with E-state index in [0.717, 1.165) is 35.3 Å². The molecule has 1 amide bonds. The molecule has 26 heavy (non-hydrogen) atoms. The van der Waals surface area contributed by atoms with Crippen LogP contribution in [-0.4, -0.2) is 16.9 Å². The third-order valence-corrected chi connectivity index (χ3v) is 5.50. The number of carbonyl (C=O) groups is 1. The summed E-state index contributed by atoms with van der Waals surface area (Å²) in [6.07, 6.45) is 8.85. The van der Waals surface area contributed by atoms with Gasteiger partial charge in [-0.25, -0.2) is 0 Å². The molecular weight excluding hydrogens is 322 g/mol. The van der Waals surface area contributed by atoms with Crippen LogP contribution in [0.15, 0.2) is 36.5 Å². The zero-order valence-corrected chi connectivity index (χ0v) is 15.8. The van der Waals surface area contributed by atoms with Crippen molar-refractivity contribution < 1.29 is 4.79 Å². The summed E-state index contributed by atoms with van der Waals surface area (Å²) < 4.78 is 0. The van der Waals surface area contributed by atoms with Crippen molar-refractivity contribution in [2.45, 2.75) is 58.4 Å². The van der Waals surface area contributed by atoms with Crippen LogP contribution in [-0.2, 0) is 4.79 Å². The minimum atomic E-state index is -0.421. The second kappa shape index (κ2) is 8.45. The number of rotatable bonds is 4. The van der Waals surface area contributed by atoms with Crippen LogP contribution in [0.5, 0.6) is 0 Å². The van der Waals surface area contributed by atoms with Gasteiger partial charge in [-0.3, -0.25) is 9.78 Å². The highest BCUT2D eigenvalue weighted by molar-refractivity contribution is 5.95. The fraction of sp³-hybridized carbons (Fsp3) is 0.455. The molecule has 1 atom stereocenters. The summed E-state index contributed by atoms with van der Waals surface area (Å²) in [5.41, 5.74) is 11.5. The van der Waals surface area contributed by atoms with E-state index < -0.39 is 6.04 Å². The molecule has 1 saturated carbocycles. The average Bonchev–Trinajstić information content (AvgIpc) is 2.91. The summed E-state index contributed by atoms with van der Waals surface area (Å²) in [5, 5.41) is 2.99. The number of carbonyl (C=O) groups excluding carboxylic acids is 1. The molecule has 0 spiro atoms. The van der Waals surface area contributed by atoms with Crippen molar-refractivity contribution in [1.82, 2.24) is 4.98 Å². The molecule has 0 saturated heterocycles. The highest BCUT2D eigenvalue weighted by atomic mass is 16.2. The number of benzene rings is 1. The Morgan fingerprint density at radius 3 is 2.35 bits per heavy atom. The van der Waals surface area contributed by atoms with Gasteiger partial charge in [0, 0.05) is 23.1 Å². The van der Waals surface area contributed by atoms with Gasteiger partial charge in [-0.05, 0) is 61.9 Å². The Bertz CT molecular complexity index is 726. The van der Waals surface area contributed by atoms with Crippen LogP contribution in [0.25, 0.3) is 11.1 Å². The number of pyridine rings is 1. The van der Waals surface area contributed by atoms with Crippen LogP contribution < -0.4 is 11.1 Å². The standard InChI is InChI=1S/C22H29N3O/c1-15-13-14-24-16(2)20(15)17-9-11-19(12-10-17)25-22(26)21(23)18-7-5-3-4-6-8-18/h9-14,18,21H,3-8,23H2,1-2H3,(H,25,26). The SMILES string of the molecule is Cc1ccnc(C)c1-c1ccc(NC(=O)C(N)C2CCCCCC2)cc1. The van der Waals surface area contributed by atoms with Gasteiger partial charge in [0.2, 0.25) is 5.91 Å². The van der Waals surface area contributed by atoms with E-state index in [0.29, 0.717) is 5.92 Å². The van der Waals surface area contributed by atoms with Crippen LogP contribution in [0.3, 0.4) is 0 Å². The normalized spacial score (nSPS) is 16.7. The second-order valence-electron chi connectivity index (χ2n) is 7.43. The molecule has 138 valence electrons. The third kappa shape index (κ3) is 4.31. The van der Waals surface area contributed by atoms with Crippen molar-refractivity contribution in [2.75, 3.05) is 5.32 Å². The molecule has 1 aromatic heterocycles. The molecule has 1 aliphatic carbocycles. The van der Waals surface area contributed by atoms with Gasteiger partial charge in [-0.1, -0.05) is 37.8 Å². The van der Waals surface area contributed by atoms with E-state index in [4.69, 9.17) is 5.73 Å². The average molecular weight is 351 g/mol. The maximum absolute atomic E-state index is 12.5. The van der Waals surface area contributed by atoms with E-state index in [1.807, 2.05) is 43.5 Å². The Hall–Kier alpha value is -2.20. The maximum atomic E-state index is 12.5. The number of nitrogens with two attached hydrogens (primary N) is 1. The predicted octanol–water partition coefficient (Wildman–Crippen LogP) is 4.60. The van der Waals surface area contributed by atoms with Gasteiger partial charge < -0.3 is 11.1 Å². The number of amides is 1. The van der Waals surface area contributed by atoms with Gasteiger partial charge >= 0.3 is 0 Å². The molecule has 3 rings (SSSR count). The molecule has 1 fully saturated rings. The number of hydrogen-bond donors (Lipinski definition) is 2. The topological polar surface area (TPSA) is 68.0 Å². The van der Waals surface area contributed by atoms with E-state index >= 15 is 0 Å². The molecule has 3 N–H and O–H groups in total. The highest BCUT2D eigenvalue weighted by Gasteiger charge is 2.25. The first-order valence-electron chi connectivity index (χ1n) is 9.65. The summed E-state index contributed by atoms with van der Waals surface area (Å²) in [6, 6.07) is 9.55. The number of nitrogens with one attached hydrogen (secondary N) is 1. The summed E-state index contributed by atoms with van der Waals surface area (Å²) >= 11 is 0. The van der Waals surface area contributed by atoms with Crippen molar-refractivity contribution in [3.63, 3.8) is 0 Å². The third-order valence-electron chi connectivity index (χ3n) is 5.50.